The molecule has 0 saturated heterocycles. The molecular weight excluding hydrogens is 646 g/mol. The first-order chi connectivity index (χ1) is 24.0. The van der Waals surface area contributed by atoms with Gasteiger partial charge >= 0.3 is 11.9 Å². The van der Waals surface area contributed by atoms with E-state index in [1.807, 2.05) is 12.1 Å². The number of methoxy groups -OCH3 is 2. The maximum Gasteiger partial charge on any atom is 0.328 e. The van der Waals surface area contributed by atoms with Gasteiger partial charge in [-0.2, -0.15) is 0 Å². The second-order valence-corrected chi connectivity index (χ2v) is 11.8. The summed E-state index contributed by atoms with van der Waals surface area (Å²) in [6.07, 6.45) is 7.55. The number of anilines is 1. The fourth-order valence-electron chi connectivity index (χ4n) is 6.04. The molecule has 0 saturated carbocycles. The van der Waals surface area contributed by atoms with Crippen LogP contribution >= 0.6 is 0 Å². The van der Waals surface area contributed by atoms with Crippen LogP contribution < -0.4 is 21.1 Å². The van der Waals surface area contributed by atoms with E-state index in [2.05, 4.69) is 51.7 Å². The number of H-pyrrole nitrogens is 1. The Balaban J connectivity index is 1.26. The van der Waals surface area contributed by atoms with Gasteiger partial charge in [0.05, 0.1) is 37.7 Å². The smallest absolute Gasteiger partial charge is 0.328 e. The summed E-state index contributed by atoms with van der Waals surface area (Å²) in [6, 6.07) is 8.72. The third-order valence-electron chi connectivity index (χ3n) is 8.51. The minimum Gasteiger partial charge on any atom is -0.467 e. The molecule has 3 N–H and O–H groups in total. The summed E-state index contributed by atoms with van der Waals surface area (Å²) in [5.74, 6) is 1.26. The number of aryl methyl sites for hydroxylation is 3. The highest BCUT2D eigenvalue weighted by atomic mass is 16.5. The van der Waals surface area contributed by atoms with Gasteiger partial charge in [-0.15, -0.1) is 11.5 Å². The van der Waals surface area contributed by atoms with Crippen molar-refractivity contribution >= 4 is 40.3 Å². The van der Waals surface area contributed by atoms with Gasteiger partial charge in [-0.25, -0.2) is 19.3 Å². The number of ether oxygens (including phenoxy) is 2. The van der Waals surface area contributed by atoms with Gasteiger partial charge in [0.25, 0.3) is 11.5 Å². The Bertz CT molecular complexity index is 2020. The molecule has 0 aliphatic heterocycles. The van der Waals surface area contributed by atoms with Crippen molar-refractivity contribution in [2.24, 2.45) is 0 Å². The first kappa shape index (κ1) is 35.2. The number of benzene rings is 2. The zero-order chi connectivity index (χ0) is 35.9. The zero-order valence-electron chi connectivity index (χ0n) is 28.1. The van der Waals surface area contributed by atoms with Crippen molar-refractivity contribution in [1.82, 2.24) is 40.8 Å². The molecule has 0 radical (unpaired) electrons. The Kier molecular flexibility index (Phi) is 10.8. The van der Waals surface area contributed by atoms with Crippen molar-refractivity contribution < 1.29 is 28.7 Å². The largest absolute Gasteiger partial charge is 0.467 e. The van der Waals surface area contributed by atoms with E-state index in [0.717, 1.165) is 29.7 Å². The summed E-state index contributed by atoms with van der Waals surface area (Å²) >= 11 is 0. The molecule has 0 fully saturated rings. The van der Waals surface area contributed by atoms with E-state index in [4.69, 9.17) is 11.2 Å². The number of carbonyl (C=O) groups excluding carboxylic acids is 4. The van der Waals surface area contributed by atoms with Gasteiger partial charge < -0.3 is 30.0 Å². The topological polar surface area (TPSA) is 203 Å². The van der Waals surface area contributed by atoms with Crippen LogP contribution in [0, 0.1) is 19.3 Å². The van der Waals surface area contributed by atoms with E-state index in [1.54, 1.807) is 31.2 Å². The van der Waals surface area contributed by atoms with Gasteiger partial charge in [-0.1, -0.05) is 5.92 Å². The number of tetrazole rings is 1. The lowest BCUT2D eigenvalue weighted by Crippen LogP contribution is -2.42. The zero-order valence-corrected chi connectivity index (χ0v) is 28.1. The summed E-state index contributed by atoms with van der Waals surface area (Å²) in [7, 11) is 2.43. The molecule has 0 bridgehead atoms. The van der Waals surface area contributed by atoms with Crippen LogP contribution in [0.5, 0.6) is 0 Å². The Morgan fingerprint density at radius 3 is 2.56 bits per heavy atom. The number of hydrogen-bond donors (Lipinski definition) is 3. The van der Waals surface area contributed by atoms with Crippen molar-refractivity contribution in [3.05, 3.63) is 75.1 Å². The Labute approximate surface area is 286 Å². The van der Waals surface area contributed by atoms with Gasteiger partial charge in [-0.3, -0.25) is 14.4 Å². The molecule has 16 heteroatoms. The average Bonchev–Trinajstić information content (AvgIpc) is 3.73. The number of aromatic nitrogens is 6. The highest BCUT2D eigenvalue weighted by molar-refractivity contribution is 5.97. The fraction of sp³-hybridized carbons (Fsp3) is 0.382. The number of nitrogens with one attached hydrogen (secondary N) is 3. The van der Waals surface area contributed by atoms with Crippen LogP contribution in [-0.4, -0.2) is 86.8 Å². The van der Waals surface area contributed by atoms with E-state index in [-0.39, 0.29) is 36.8 Å². The minimum atomic E-state index is -1.05. The highest BCUT2D eigenvalue weighted by Crippen LogP contribution is 2.39. The summed E-state index contributed by atoms with van der Waals surface area (Å²) in [4.78, 5) is 71.9. The molecular formula is C34H37N9O7. The molecule has 4 aromatic rings. The Hall–Kier alpha value is -6.11. The van der Waals surface area contributed by atoms with Gasteiger partial charge in [0.1, 0.15) is 24.5 Å². The average molecular weight is 684 g/mol. The molecule has 2 amide bonds. The lowest BCUT2D eigenvalue weighted by molar-refractivity contribution is -0.144. The third-order valence-corrected chi connectivity index (χ3v) is 8.51. The van der Waals surface area contributed by atoms with Crippen molar-refractivity contribution in [2.45, 2.75) is 64.2 Å². The van der Waals surface area contributed by atoms with Crippen molar-refractivity contribution in [3.8, 4) is 12.3 Å². The maximum atomic E-state index is 13.3. The number of esters is 2. The summed E-state index contributed by atoms with van der Waals surface area (Å²) in [6.45, 7) is 3.25. The molecule has 2 aromatic carbocycles. The fourth-order valence-corrected chi connectivity index (χ4v) is 6.04. The molecule has 1 aliphatic carbocycles. The van der Waals surface area contributed by atoms with Gasteiger partial charge in [0.2, 0.25) is 5.91 Å². The monoisotopic (exact) mass is 683 g/mol. The molecule has 16 nitrogen and oxygen atoms in total. The van der Waals surface area contributed by atoms with Gasteiger partial charge in [0, 0.05) is 17.7 Å². The number of hydrogen-bond acceptors (Lipinski definition) is 12. The lowest BCUT2D eigenvalue weighted by atomic mass is 10.0. The quantitative estimate of drug-likeness (QED) is 0.133. The predicted molar refractivity (Wildman–Crippen MR) is 180 cm³/mol. The van der Waals surface area contributed by atoms with Crippen molar-refractivity contribution in [3.63, 3.8) is 0 Å². The summed E-state index contributed by atoms with van der Waals surface area (Å²) in [5, 5.41) is 17.1. The summed E-state index contributed by atoms with van der Waals surface area (Å²) in [5.41, 5.74) is 3.66. The molecule has 3 atom stereocenters. The highest BCUT2D eigenvalue weighted by Gasteiger charge is 2.30. The first-order valence-corrected chi connectivity index (χ1v) is 15.9. The van der Waals surface area contributed by atoms with E-state index < -0.39 is 35.8 Å². The molecule has 0 spiro atoms. The number of fused-ring (bicyclic) bond motifs is 2. The third kappa shape index (κ3) is 7.78. The maximum absolute atomic E-state index is 13.3. The summed E-state index contributed by atoms with van der Waals surface area (Å²) < 4.78 is 10.8. The molecule has 50 heavy (non-hydrogen) atoms. The Morgan fingerprint density at radius 2 is 1.86 bits per heavy atom. The van der Waals surface area contributed by atoms with Crippen LogP contribution in [0.2, 0.25) is 0 Å². The molecule has 2 heterocycles. The molecule has 5 rings (SSSR count). The normalized spacial score (nSPS) is 14.6. The van der Waals surface area contributed by atoms with E-state index in [0.29, 0.717) is 28.8 Å². The number of aromatic amines is 1. The molecule has 2 aromatic heterocycles. The van der Waals surface area contributed by atoms with Crippen LogP contribution in [0.15, 0.2) is 41.2 Å². The number of rotatable bonds is 13. The number of nitrogens with zero attached hydrogens (tertiary/aromatic N) is 6. The molecule has 260 valence electrons. The van der Waals surface area contributed by atoms with E-state index in [9.17, 15) is 24.0 Å². The van der Waals surface area contributed by atoms with Gasteiger partial charge in [-0.05, 0) is 91.1 Å². The van der Waals surface area contributed by atoms with E-state index >= 15 is 0 Å². The van der Waals surface area contributed by atoms with Crippen LogP contribution in [0.25, 0.3) is 10.9 Å². The number of amides is 2. The molecule has 1 unspecified atom stereocenters. The first-order valence-electron chi connectivity index (χ1n) is 15.9. The SMILES string of the molecule is C#CCN(c1ccc(C(=O)N[C@@H](CCc2nnnn2CC(=O)N[C@H](C)C(=O)OC)C(=O)OC)cc1)C1CCc2cc3nc(C)[nH]c(=O)c3cc21. The number of terminal acetylenes is 1. The van der Waals surface area contributed by atoms with Gasteiger partial charge in [0.15, 0.2) is 5.82 Å². The van der Waals surface area contributed by atoms with Crippen molar-refractivity contribution in [2.75, 3.05) is 25.7 Å². The number of carbonyl (C=O) groups is 4. The van der Waals surface area contributed by atoms with Crippen LogP contribution in [-0.2, 0) is 43.2 Å². The molecule has 1 aliphatic rings. The van der Waals surface area contributed by atoms with Crippen LogP contribution in [0.3, 0.4) is 0 Å². The second kappa shape index (κ2) is 15.4. The Morgan fingerprint density at radius 1 is 1.12 bits per heavy atom. The second-order valence-electron chi connectivity index (χ2n) is 11.8. The minimum absolute atomic E-state index is 0.0701. The van der Waals surface area contributed by atoms with Crippen LogP contribution in [0.4, 0.5) is 5.69 Å². The standard InChI is InChI=1S/C34H37N9O7/c1-6-15-42(28-13-9-22-16-27-25(17-24(22)28)32(46)37-20(3)36-27)23-10-7-21(8-11-23)31(45)38-26(34(48)50-5)12-14-29-39-40-41-43(29)18-30(44)35-19(2)33(47)49-4/h1,7-8,10-11,16-17,19,26,28H,9,12-15,18H2,2-5H3,(H,35,44)(H,38,45)(H,36,37,46)/t19-,26+,28?/m1/s1. The van der Waals surface area contributed by atoms with E-state index in [1.165, 1.54) is 25.8 Å². The lowest BCUT2D eigenvalue weighted by Gasteiger charge is -2.30. The van der Waals surface area contributed by atoms with Crippen molar-refractivity contribution in [1.29, 1.82) is 0 Å². The predicted octanol–water partition coefficient (Wildman–Crippen LogP) is 0.927. The van der Waals surface area contributed by atoms with Crippen LogP contribution in [0.1, 0.15) is 58.9 Å².